The summed E-state index contributed by atoms with van der Waals surface area (Å²) in [4.78, 5) is 22.4. The minimum Gasteiger partial charge on any atom is -0.347 e. The van der Waals surface area contributed by atoms with Crippen LogP contribution < -0.4 is 10.6 Å². The number of carbonyl (C=O) groups is 1. The Morgan fingerprint density at radius 1 is 1.43 bits per heavy atom. The first-order valence-electron chi connectivity index (χ1n) is 6.38. The summed E-state index contributed by atoms with van der Waals surface area (Å²) in [5, 5.41) is 16.9. The molecule has 2 N–H and O–H groups in total. The second-order valence-corrected chi connectivity index (χ2v) is 5.18. The molecule has 0 radical (unpaired) electrons. The molecule has 8 heteroatoms. The van der Waals surface area contributed by atoms with Crippen LogP contribution in [-0.4, -0.2) is 29.5 Å². The molecule has 21 heavy (non-hydrogen) atoms. The Kier molecular flexibility index (Phi) is 5.62. The fourth-order valence-electron chi connectivity index (χ4n) is 2.29. The lowest BCUT2D eigenvalue weighted by Gasteiger charge is -2.34. The smallest absolute Gasteiger partial charge is 0.282 e. The van der Waals surface area contributed by atoms with Crippen molar-refractivity contribution in [1.82, 2.24) is 10.6 Å². The van der Waals surface area contributed by atoms with Crippen molar-refractivity contribution in [3.05, 3.63) is 39.7 Å². The Labute approximate surface area is 127 Å². The zero-order chi connectivity index (χ0) is 14.8. The van der Waals surface area contributed by atoms with Gasteiger partial charge >= 0.3 is 0 Å². The molecule has 0 unspecified atom stereocenters. The average Bonchev–Trinajstić information content (AvgIpc) is 2.38. The zero-order valence-corrected chi connectivity index (χ0v) is 12.3. The molecule has 0 spiro atoms. The summed E-state index contributed by atoms with van der Waals surface area (Å²) in [6.45, 7) is 3.42. The van der Waals surface area contributed by atoms with Crippen LogP contribution >= 0.6 is 12.4 Å². The van der Waals surface area contributed by atoms with Gasteiger partial charge in [0.2, 0.25) is 0 Å². The van der Waals surface area contributed by atoms with Crippen molar-refractivity contribution in [2.75, 3.05) is 13.1 Å². The topological polar surface area (TPSA) is 84.3 Å². The second kappa shape index (κ2) is 6.82. The van der Waals surface area contributed by atoms with Gasteiger partial charge in [0.05, 0.1) is 4.92 Å². The van der Waals surface area contributed by atoms with Crippen LogP contribution in [0.15, 0.2) is 18.2 Å². The fraction of sp³-hybridized carbons (Fsp3) is 0.462. The fourth-order valence-corrected chi connectivity index (χ4v) is 2.29. The lowest BCUT2D eigenvalue weighted by atomic mass is 9.90. The molecule has 0 aromatic heterocycles. The highest BCUT2D eigenvalue weighted by Crippen LogP contribution is 2.22. The monoisotopic (exact) mass is 317 g/mol. The molecule has 6 nitrogen and oxygen atoms in total. The molecule has 0 bridgehead atoms. The Morgan fingerprint density at radius 2 is 2.05 bits per heavy atom. The third-order valence-corrected chi connectivity index (χ3v) is 3.52. The minimum absolute atomic E-state index is 0. The van der Waals surface area contributed by atoms with Crippen molar-refractivity contribution in [2.45, 2.75) is 25.3 Å². The summed E-state index contributed by atoms with van der Waals surface area (Å²) in [5.41, 5.74) is -1.06. The number of carbonyl (C=O) groups excluding carboxylic acids is 1. The van der Waals surface area contributed by atoms with E-state index in [0.29, 0.717) is 0 Å². The van der Waals surface area contributed by atoms with Crippen LogP contribution in [0.1, 0.15) is 30.1 Å². The predicted molar refractivity (Wildman–Crippen MR) is 78.3 cm³/mol. The molecule has 1 heterocycles. The Bertz CT molecular complexity index is 547. The zero-order valence-electron chi connectivity index (χ0n) is 11.5. The van der Waals surface area contributed by atoms with Gasteiger partial charge in [0, 0.05) is 11.6 Å². The maximum absolute atomic E-state index is 13.2. The van der Waals surface area contributed by atoms with Crippen LogP contribution in [0.2, 0.25) is 0 Å². The van der Waals surface area contributed by atoms with E-state index in [0.717, 1.165) is 44.1 Å². The third kappa shape index (κ3) is 4.12. The highest BCUT2D eigenvalue weighted by molar-refractivity contribution is 5.98. The molecule has 2 rings (SSSR count). The third-order valence-electron chi connectivity index (χ3n) is 3.52. The number of hydrogen-bond donors (Lipinski definition) is 2. The van der Waals surface area contributed by atoms with Gasteiger partial charge < -0.3 is 10.6 Å². The van der Waals surface area contributed by atoms with Crippen molar-refractivity contribution >= 4 is 24.0 Å². The normalized spacial score (nSPS) is 16.7. The first-order chi connectivity index (χ1) is 9.41. The van der Waals surface area contributed by atoms with Gasteiger partial charge in [0.1, 0.15) is 11.4 Å². The van der Waals surface area contributed by atoms with E-state index >= 15 is 0 Å². The number of nitro benzene ring substituents is 1. The van der Waals surface area contributed by atoms with Crippen molar-refractivity contribution in [2.24, 2.45) is 0 Å². The number of halogens is 2. The molecule has 1 aliphatic rings. The van der Waals surface area contributed by atoms with Gasteiger partial charge in [0.15, 0.2) is 0 Å². The van der Waals surface area contributed by atoms with Crippen LogP contribution in [-0.2, 0) is 0 Å². The SMILES string of the molecule is CC1(NC(=O)c2cc(F)ccc2[N+](=O)[O-])CCNCC1.Cl. The van der Waals surface area contributed by atoms with Crippen molar-refractivity contribution in [1.29, 1.82) is 0 Å². The molecule has 0 saturated carbocycles. The van der Waals surface area contributed by atoms with E-state index in [1.165, 1.54) is 0 Å². The summed E-state index contributed by atoms with van der Waals surface area (Å²) in [6.07, 6.45) is 1.45. The van der Waals surface area contributed by atoms with Gasteiger partial charge in [0.25, 0.3) is 11.6 Å². The molecular weight excluding hydrogens is 301 g/mol. The Morgan fingerprint density at radius 3 is 2.62 bits per heavy atom. The van der Waals surface area contributed by atoms with Gasteiger partial charge in [-0.25, -0.2) is 4.39 Å². The van der Waals surface area contributed by atoms with Crippen LogP contribution in [0, 0.1) is 15.9 Å². The quantitative estimate of drug-likeness (QED) is 0.660. The molecule has 1 fully saturated rings. The van der Waals surface area contributed by atoms with Gasteiger partial charge in [-0.15, -0.1) is 12.4 Å². The predicted octanol–water partition coefficient (Wildman–Crippen LogP) is 2.03. The molecule has 1 aromatic carbocycles. The van der Waals surface area contributed by atoms with Crippen LogP contribution in [0.5, 0.6) is 0 Å². The van der Waals surface area contributed by atoms with Crippen molar-refractivity contribution in [3.8, 4) is 0 Å². The molecule has 1 saturated heterocycles. The number of nitro groups is 1. The Balaban J connectivity index is 0.00000220. The van der Waals surface area contributed by atoms with Gasteiger partial charge in [-0.3, -0.25) is 14.9 Å². The number of amides is 1. The number of piperidine rings is 1. The lowest BCUT2D eigenvalue weighted by molar-refractivity contribution is -0.385. The number of rotatable bonds is 3. The first-order valence-corrected chi connectivity index (χ1v) is 6.38. The largest absolute Gasteiger partial charge is 0.347 e. The molecular formula is C13H17ClFN3O3. The Hall–Kier alpha value is -1.73. The van der Waals surface area contributed by atoms with Gasteiger partial charge in [-0.1, -0.05) is 0 Å². The van der Waals surface area contributed by atoms with Crippen molar-refractivity contribution < 1.29 is 14.1 Å². The van der Waals surface area contributed by atoms with Crippen LogP contribution in [0.25, 0.3) is 0 Å². The standard InChI is InChI=1S/C13H16FN3O3.ClH/c1-13(4-6-15-7-5-13)16-12(18)10-8-9(14)2-3-11(10)17(19)20;/h2-3,8,15H,4-7H2,1H3,(H,16,18);1H. The summed E-state index contributed by atoms with van der Waals surface area (Å²) in [7, 11) is 0. The molecule has 0 aliphatic carbocycles. The maximum atomic E-state index is 13.2. The van der Waals surface area contributed by atoms with E-state index in [1.807, 2.05) is 6.92 Å². The number of hydrogen-bond acceptors (Lipinski definition) is 4. The molecule has 1 amide bonds. The van der Waals surface area contributed by atoms with E-state index in [-0.39, 0.29) is 23.7 Å². The summed E-state index contributed by atoms with van der Waals surface area (Å²) < 4.78 is 13.2. The second-order valence-electron chi connectivity index (χ2n) is 5.18. The van der Waals surface area contributed by atoms with Crippen molar-refractivity contribution in [3.63, 3.8) is 0 Å². The first kappa shape index (κ1) is 17.3. The molecule has 0 atom stereocenters. The lowest BCUT2D eigenvalue weighted by Crippen LogP contribution is -2.52. The maximum Gasteiger partial charge on any atom is 0.282 e. The molecule has 1 aromatic rings. The van der Waals surface area contributed by atoms with Gasteiger partial charge in [-0.2, -0.15) is 0 Å². The molecule has 116 valence electrons. The van der Waals surface area contributed by atoms with Crippen LogP contribution in [0.4, 0.5) is 10.1 Å². The number of nitrogens with zero attached hydrogens (tertiary/aromatic N) is 1. The van der Waals surface area contributed by atoms with E-state index in [9.17, 15) is 19.3 Å². The number of nitrogens with one attached hydrogen (secondary N) is 2. The van der Waals surface area contributed by atoms with Gasteiger partial charge in [-0.05, 0) is 45.0 Å². The highest BCUT2D eigenvalue weighted by Gasteiger charge is 2.31. The molecule has 1 aliphatic heterocycles. The number of benzene rings is 1. The van der Waals surface area contributed by atoms with E-state index in [1.54, 1.807) is 0 Å². The summed E-state index contributed by atoms with van der Waals surface area (Å²) in [6, 6.07) is 2.88. The average molecular weight is 318 g/mol. The van der Waals surface area contributed by atoms with E-state index in [4.69, 9.17) is 0 Å². The van der Waals surface area contributed by atoms with E-state index in [2.05, 4.69) is 10.6 Å². The summed E-state index contributed by atoms with van der Waals surface area (Å²) >= 11 is 0. The summed E-state index contributed by atoms with van der Waals surface area (Å²) in [5.74, 6) is -1.28. The van der Waals surface area contributed by atoms with E-state index < -0.39 is 22.2 Å². The highest BCUT2D eigenvalue weighted by atomic mass is 35.5. The minimum atomic E-state index is -0.681. The van der Waals surface area contributed by atoms with Crippen LogP contribution in [0.3, 0.4) is 0 Å².